The number of carbonyl (C=O) groups is 1. The zero-order valence-electron chi connectivity index (χ0n) is 12.3. The summed E-state index contributed by atoms with van der Waals surface area (Å²) in [7, 11) is 0. The Labute approximate surface area is 114 Å². The van der Waals surface area contributed by atoms with Crippen LogP contribution < -0.4 is 0 Å². The monoisotopic (exact) mass is 262 g/mol. The van der Waals surface area contributed by atoms with Crippen molar-refractivity contribution in [2.45, 2.75) is 40.0 Å². The van der Waals surface area contributed by atoms with Crippen LogP contribution >= 0.6 is 0 Å². The topological polar surface area (TPSA) is 46.5 Å². The van der Waals surface area contributed by atoms with Crippen LogP contribution in [0.3, 0.4) is 0 Å². The van der Waals surface area contributed by atoms with Gasteiger partial charge in [0.15, 0.2) is 0 Å². The molecule has 0 aromatic heterocycles. The first-order valence-corrected chi connectivity index (χ1v) is 6.62. The molecular weight excluding hydrogens is 240 g/mol. The molecular formula is C16H22O3. The van der Waals surface area contributed by atoms with Crippen LogP contribution in [0.25, 0.3) is 0 Å². The van der Waals surface area contributed by atoms with E-state index in [2.05, 4.69) is 32.9 Å². The maximum Gasteiger partial charge on any atom is 0.310 e. The Kier molecular flexibility index (Phi) is 3.21. The second-order valence-electron chi connectivity index (χ2n) is 6.19. The standard InChI is InChI=1S/C16H22O3/c1-10-6-7-13(12(3)11(10)2)16(8-19-9-16)15(4,5)14(17)18/h6-7H,8-9H2,1-5H3,(H,17,18). The zero-order valence-corrected chi connectivity index (χ0v) is 12.3. The Morgan fingerprint density at radius 3 is 2.21 bits per heavy atom. The average molecular weight is 262 g/mol. The van der Waals surface area contributed by atoms with Gasteiger partial charge in [-0.2, -0.15) is 0 Å². The summed E-state index contributed by atoms with van der Waals surface area (Å²) in [4.78, 5) is 11.6. The molecule has 1 N–H and O–H groups in total. The third kappa shape index (κ3) is 1.79. The van der Waals surface area contributed by atoms with Crippen molar-refractivity contribution in [3.63, 3.8) is 0 Å². The summed E-state index contributed by atoms with van der Waals surface area (Å²) < 4.78 is 5.39. The predicted molar refractivity (Wildman–Crippen MR) is 74.6 cm³/mol. The molecule has 3 nitrogen and oxygen atoms in total. The molecule has 0 amide bonds. The molecule has 1 heterocycles. The fraction of sp³-hybridized carbons (Fsp3) is 0.562. The fourth-order valence-corrected chi connectivity index (χ4v) is 2.84. The molecule has 0 spiro atoms. The Bertz CT molecular complexity index is 525. The highest BCUT2D eigenvalue weighted by Gasteiger charge is 2.56. The predicted octanol–water partition coefficient (Wildman–Crippen LogP) is 2.99. The van der Waals surface area contributed by atoms with Gasteiger partial charge in [-0.05, 0) is 56.9 Å². The Hall–Kier alpha value is -1.35. The van der Waals surface area contributed by atoms with E-state index >= 15 is 0 Å². The molecule has 0 aliphatic carbocycles. The third-order valence-corrected chi connectivity index (χ3v) is 5.00. The quantitative estimate of drug-likeness (QED) is 0.911. The molecule has 1 aliphatic rings. The lowest BCUT2D eigenvalue weighted by atomic mass is 9.59. The Morgan fingerprint density at radius 2 is 1.79 bits per heavy atom. The van der Waals surface area contributed by atoms with Gasteiger partial charge in [0, 0.05) is 0 Å². The maximum atomic E-state index is 11.6. The summed E-state index contributed by atoms with van der Waals surface area (Å²) in [6, 6.07) is 4.15. The second-order valence-corrected chi connectivity index (χ2v) is 6.19. The first-order valence-electron chi connectivity index (χ1n) is 6.62. The Balaban J connectivity index is 2.61. The lowest BCUT2D eigenvalue weighted by molar-refractivity contribution is -0.171. The maximum absolute atomic E-state index is 11.6. The molecule has 0 bridgehead atoms. The van der Waals surface area contributed by atoms with Crippen molar-refractivity contribution in [1.82, 2.24) is 0 Å². The molecule has 1 fully saturated rings. The zero-order chi connectivity index (χ0) is 14.4. The summed E-state index contributed by atoms with van der Waals surface area (Å²) >= 11 is 0. The van der Waals surface area contributed by atoms with Crippen molar-refractivity contribution in [2.75, 3.05) is 13.2 Å². The van der Waals surface area contributed by atoms with Gasteiger partial charge in [-0.3, -0.25) is 4.79 Å². The average Bonchev–Trinajstić information content (AvgIpc) is 2.27. The number of carboxylic acid groups (broad SMARTS) is 1. The lowest BCUT2D eigenvalue weighted by Crippen LogP contribution is -2.60. The van der Waals surface area contributed by atoms with E-state index in [-0.39, 0.29) is 0 Å². The van der Waals surface area contributed by atoms with Gasteiger partial charge in [-0.1, -0.05) is 12.1 Å². The first kappa shape index (κ1) is 14.1. The van der Waals surface area contributed by atoms with Gasteiger partial charge in [0.2, 0.25) is 0 Å². The molecule has 1 saturated heterocycles. The van der Waals surface area contributed by atoms with Gasteiger partial charge in [0.25, 0.3) is 0 Å². The molecule has 0 saturated carbocycles. The third-order valence-electron chi connectivity index (χ3n) is 5.00. The molecule has 104 valence electrons. The van der Waals surface area contributed by atoms with E-state index in [1.54, 1.807) is 13.8 Å². The first-order chi connectivity index (χ1) is 8.74. The van der Waals surface area contributed by atoms with Gasteiger partial charge in [-0.15, -0.1) is 0 Å². The van der Waals surface area contributed by atoms with Gasteiger partial charge < -0.3 is 9.84 Å². The molecule has 1 aliphatic heterocycles. The van der Waals surface area contributed by atoms with E-state index in [4.69, 9.17) is 4.74 Å². The molecule has 0 atom stereocenters. The molecule has 0 unspecified atom stereocenters. The van der Waals surface area contributed by atoms with Crippen LogP contribution in [0.5, 0.6) is 0 Å². The highest BCUT2D eigenvalue weighted by atomic mass is 16.5. The van der Waals surface area contributed by atoms with Crippen LogP contribution in [-0.2, 0) is 14.9 Å². The van der Waals surface area contributed by atoms with Crippen molar-refractivity contribution >= 4 is 5.97 Å². The summed E-state index contributed by atoms with van der Waals surface area (Å²) in [6.07, 6.45) is 0. The van der Waals surface area contributed by atoms with Crippen LogP contribution in [-0.4, -0.2) is 24.3 Å². The van der Waals surface area contributed by atoms with Crippen LogP contribution in [0.2, 0.25) is 0 Å². The largest absolute Gasteiger partial charge is 0.481 e. The fourth-order valence-electron chi connectivity index (χ4n) is 2.84. The minimum absolute atomic E-state index is 0.415. The van der Waals surface area contributed by atoms with E-state index in [0.717, 1.165) is 5.56 Å². The van der Waals surface area contributed by atoms with Crippen molar-refractivity contribution in [1.29, 1.82) is 0 Å². The molecule has 19 heavy (non-hydrogen) atoms. The van der Waals surface area contributed by atoms with E-state index < -0.39 is 16.8 Å². The van der Waals surface area contributed by atoms with E-state index in [0.29, 0.717) is 13.2 Å². The Morgan fingerprint density at radius 1 is 1.21 bits per heavy atom. The molecule has 2 rings (SSSR count). The minimum Gasteiger partial charge on any atom is -0.481 e. The van der Waals surface area contributed by atoms with Crippen LogP contribution in [0, 0.1) is 26.2 Å². The van der Waals surface area contributed by atoms with E-state index in [1.165, 1.54) is 16.7 Å². The van der Waals surface area contributed by atoms with Crippen LogP contribution in [0.1, 0.15) is 36.1 Å². The normalized spacial score (nSPS) is 17.9. The molecule has 1 aromatic carbocycles. The number of hydrogen-bond acceptors (Lipinski definition) is 2. The number of rotatable bonds is 3. The van der Waals surface area contributed by atoms with Gasteiger partial charge >= 0.3 is 5.97 Å². The van der Waals surface area contributed by atoms with E-state index in [9.17, 15) is 9.90 Å². The molecule has 0 radical (unpaired) electrons. The van der Waals surface area contributed by atoms with Crippen molar-refractivity contribution in [3.05, 3.63) is 34.4 Å². The van der Waals surface area contributed by atoms with Gasteiger partial charge in [0.1, 0.15) is 0 Å². The second kappa shape index (κ2) is 4.34. The summed E-state index contributed by atoms with van der Waals surface area (Å²) in [6.45, 7) is 10.8. The number of carboxylic acids is 1. The summed E-state index contributed by atoms with van der Waals surface area (Å²) in [5.74, 6) is -0.770. The van der Waals surface area contributed by atoms with E-state index in [1.807, 2.05) is 0 Å². The minimum atomic E-state index is -0.836. The highest BCUT2D eigenvalue weighted by molar-refractivity contribution is 5.77. The van der Waals surface area contributed by atoms with Gasteiger partial charge in [-0.25, -0.2) is 0 Å². The van der Waals surface area contributed by atoms with Crippen LogP contribution in [0.4, 0.5) is 0 Å². The summed E-state index contributed by atoms with van der Waals surface area (Å²) in [5.41, 5.74) is 3.54. The highest BCUT2D eigenvalue weighted by Crippen LogP contribution is 2.49. The number of ether oxygens (including phenoxy) is 1. The van der Waals surface area contributed by atoms with Crippen LogP contribution in [0.15, 0.2) is 12.1 Å². The van der Waals surface area contributed by atoms with Crippen molar-refractivity contribution in [3.8, 4) is 0 Å². The number of benzene rings is 1. The smallest absolute Gasteiger partial charge is 0.310 e. The van der Waals surface area contributed by atoms with Crippen molar-refractivity contribution < 1.29 is 14.6 Å². The molecule has 1 aromatic rings. The summed E-state index contributed by atoms with van der Waals surface area (Å²) in [5, 5.41) is 9.56. The number of aryl methyl sites for hydroxylation is 1. The van der Waals surface area contributed by atoms with Gasteiger partial charge in [0.05, 0.1) is 24.0 Å². The molecule has 3 heteroatoms. The lowest BCUT2D eigenvalue weighted by Gasteiger charge is -2.51. The number of hydrogen-bond donors (Lipinski definition) is 1. The SMILES string of the molecule is Cc1ccc(C2(C(C)(C)C(=O)O)COC2)c(C)c1C. The number of aliphatic carboxylic acids is 1. The van der Waals surface area contributed by atoms with Crippen molar-refractivity contribution in [2.24, 2.45) is 5.41 Å².